The first kappa shape index (κ1) is 15.8. The molecule has 2 aromatic rings. The van der Waals surface area contributed by atoms with Gasteiger partial charge in [0.05, 0.1) is 12.7 Å². The summed E-state index contributed by atoms with van der Waals surface area (Å²) >= 11 is 0. The van der Waals surface area contributed by atoms with Crippen LogP contribution in [0.4, 0.5) is 5.82 Å². The number of nitrogens with one attached hydrogen (secondary N) is 1. The number of methoxy groups -OCH3 is 1. The molecular formula is C16H19N3O3. The van der Waals surface area contributed by atoms with Crippen LogP contribution in [0.5, 0.6) is 5.75 Å². The SMILES string of the molecule is CCC(C)Nc1cc(C(=O)O)nc(-c2ccccc2OC)n1. The molecule has 6 heteroatoms. The smallest absolute Gasteiger partial charge is 0.354 e. The molecule has 0 amide bonds. The predicted molar refractivity (Wildman–Crippen MR) is 84.4 cm³/mol. The van der Waals surface area contributed by atoms with Gasteiger partial charge in [0.15, 0.2) is 11.5 Å². The molecule has 0 saturated carbocycles. The van der Waals surface area contributed by atoms with Crippen molar-refractivity contribution in [2.45, 2.75) is 26.3 Å². The van der Waals surface area contributed by atoms with Crippen LogP contribution in [0.3, 0.4) is 0 Å². The van der Waals surface area contributed by atoms with E-state index in [4.69, 9.17) is 4.74 Å². The zero-order chi connectivity index (χ0) is 16.1. The molecular weight excluding hydrogens is 282 g/mol. The largest absolute Gasteiger partial charge is 0.496 e. The number of aromatic nitrogens is 2. The number of ether oxygens (including phenoxy) is 1. The van der Waals surface area contributed by atoms with Crippen molar-refractivity contribution in [3.63, 3.8) is 0 Å². The summed E-state index contributed by atoms with van der Waals surface area (Å²) in [5.41, 5.74) is 0.599. The summed E-state index contributed by atoms with van der Waals surface area (Å²) in [5, 5.41) is 12.4. The van der Waals surface area contributed by atoms with Crippen LogP contribution in [0.1, 0.15) is 30.8 Å². The van der Waals surface area contributed by atoms with Gasteiger partial charge in [-0.2, -0.15) is 0 Å². The molecule has 0 spiro atoms. The normalized spacial score (nSPS) is 11.8. The molecule has 0 bridgehead atoms. The van der Waals surface area contributed by atoms with Gasteiger partial charge in [0, 0.05) is 12.1 Å². The Labute approximate surface area is 129 Å². The minimum Gasteiger partial charge on any atom is -0.496 e. The highest BCUT2D eigenvalue weighted by Gasteiger charge is 2.15. The highest BCUT2D eigenvalue weighted by molar-refractivity contribution is 5.87. The number of carboxylic acids is 1. The van der Waals surface area contributed by atoms with Gasteiger partial charge in [0.1, 0.15) is 11.6 Å². The Balaban J connectivity index is 2.52. The lowest BCUT2D eigenvalue weighted by atomic mass is 10.2. The first-order chi connectivity index (χ1) is 10.5. The molecule has 1 aromatic carbocycles. The maximum atomic E-state index is 11.3. The summed E-state index contributed by atoms with van der Waals surface area (Å²) in [4.78, 5) is 19.8. The van der Waals surface area contributed by atoms with Crippen molar-refractivity contribution in [1.82, 2.24) is 9.97 Å². The van der Waals surface area contributed by atoms with Crippen LogP contribution >= 0.6 is 0 Å². The monoisotopic (exact) mass is 301 g/mol. The van der Waals surface area contributed by atoms with Crippen LogP contribution in [-0.4, -0.2) is 34.2 Å². The summed E-state index contributed by atoms with van der Waals surface area (Å²) in [6.07, 6.45) is 0.899. The Hall–Kier alpha value is -2.63. The molecule has 0 aliphatic heterocycles. The van der Waals surface area contributed by atoms with Crippen molar-refractivity contribution in [3.05, 3.63) is 36.0 Å². The molecule has 2 N–H and O–H groups in total. The first-order valence-corrected chi connectivity index (χ1v) is 7.07. The van der Waals surface area contributed by atoms with E-state index in [0.717, 1.165) is 6.42 Å². The average molecular weight is 301 g/mol. The maximum Gasteiger partial charge on any atom is 0.354 e. The molecule has 1 unspecified atom stereocenters. The number of carbonyl (C=O) groups is 1. The van der Waals surface area contributed by atoms with E-state index in [2.05, 4.69) is 15.3 Å². The third-order valence-corrected chi connectivity index (χ3v) is 3.30. The number of anilines is 1. The zero-order valence-corrected chi connectivity index (χ0v) is 12.8. The van der Waals surface area contributed by atoms with E-state index in [0.29, 0.717) is 23.0 Å². The minimum absolute atomic E-state index is 0.0540. The lowest BCUT2D eigenvalue weighted by Gasteiger charge is -2.14. The Morgan fingerprint density at radius 2 is 2.09 bits per heavy atom. The Bertz CT molecular complexity index is 673. The number of rotatable bonds is 6. The van der Waals surface area contributed by atoms with E-state index in [1.807, 2.05) is 26.0 Å². The number of nitrogens with zero attached hydrogens (tertiary/aromatic N) is 2. The third kappa shape index (κ3) is 3.52. The van der Waals surface area contributed by atoms with E-state index in [9.17, 15) is 9.90 Å². The van der Waals surface area contributed by atoms with Crippen molar-refractivity contribution < 1.29 is 14.6 Å². The van der Waals surface area contributed by atoms with Crippen LogP contribution in [0.2, 0.25) is 0 Å². The Morgan fingerprint density at radius 1 is 1.36 bits per heavy atom. The standard InChI is InChI=1S/C16H19N3O3/c1-4-10(2)17-14-9-12(16(20)21)18-15(19-14)11-7-5-6-8-13(11)22-3/h5-10H,4H2,1-3H3,(H,20,21)(H,17,18,19). The highest BCUT2D eigenvalue weighted by Crippen LogP contribution is 2.28. The number of carboxylic acid groups (broad SMARTS) is 1. The van der Waals surface area contributed by atoms with Crippen LogP contribution in [-0.2, 0) is 0 Å². The van der Waals surface area contributed by atoms with E-state index >= 15 is 0 Å². The van der Waals surface area contributed by atoms with Crippen molar-refractivity contribution in [3.8, 4) is 17.1 Å². The Kier molecular flexibility index (Phi) is 4.93. The Morgan fingerprint density at radius 3 is 2.73 bits per heavy atom. The summed E-state index contributed by atoms with van der Waals surface area (Å²) in [6, 6.07) is 8.87. The van der Waals surface area contributed by atoms with Gasteiger partial charge in [0.25, 0.3) is 0 Å². The maximum absolute atomic E-state index is 11.3. The van der Waals surface area contributed by atoms with Crippen LogP contribution < -0.4 is 10.1 Å². The second-order valence-electron chi connectivity index (χ2n) is 4.92. The van der Waals surface area contributed by atoms with Gasteiger partial charge >= 0.3 is 5.97 Å². The number of aromatic carboxylic acids is 1. The molecule has 1 atom stereocenters. The number of hydrogen-bond donors (Lipinski definition) is 2. The van der Waals surface area contributed by atoms with Gasteiger partial charge in [-0.1, -0.05) is 19.1 Å². The lowest BCUT2D eigenvalue weighted by Crippen LogP contribution is -2.16. The second kappa shape index (κ2) is 6.89. The van der Waals surface area contributed by atoms with Crippen molar-refractivity contribution >= 4 is 11.8 Å². The van der Waals surface area contributed by atoms with Crippen LogP contribution in [0.25, 0.3) is 11.4 Å². The quantitative estimate of drug-likeness (QED) is 0.853. The molecule has 0 fully saturated rings. The molecule has 1 aromatic heterocycles. The molecule has 0 aliphatic rings. The fraction of sp³-hybridized carbons (Fsp3) is 0.312. The first-order valence-electron chi connectivity index (χ1n) is 7.07. The topological polar surface area (TPSA) is 84.3 Å². The van der Waals surface area contributed by atoms with E-state index < -0.39 is 5.97 Å². The molecule has 1 heterocycles. The summed E-state index contributed by atoms with van der Waals surface area (Å²) < 4.78 is 5.29. The van der Waals surface area contributed by atoms with Crippen molar-refractivity contribution in [1.29, 1.82) is 0 Å². The van der Waals surface area contributed by atoms with Gasteiger partial charge < -0.3 is 15.2 Å². The lowest BCUT2D eigenvalue weighted by molar-refractivity contribution is 0.0690. The third-order valence-electron chi connectivity index (χ3n) is 3.30. The summed E-state index contributed by atoms with van der Waals surface area (Å²) in [5.74, 6) is 0.316. The number of hydrogen-bond acceptors (Lipinski definition) is 5. The highest BCUT2D eigenvalue weighted by atomic mass is 16.5. The van der Waals surface area contributed by atoms with Crippen molar-refractivity contribution in [2.75, 3.05) is 12.4 Å². The minimum atomic E-state index is -1.09. The molecule has 22 heavy (non-hydrogen) atoms. The molecule has 116 valence electrons. The van der Waals surface area contributed by atoms with Gasteiger partial charge in [-0.3, -0.25) is 0 Å². The number of benzene rings is 1. The fourth-order valence-electron chi connectivity index (χ4n) is 1.94. The van der Waals surface area contributed by atoms with Gasteiger partial charge in [-0.05, 0) is 25.5 Å². The average Bonchev–Trinajstić information content (AvgIpc) is 2.54. The molecule has 0 radical (unpaired) electrons. The molecule has 2 rings (SSSR count). The second-order valence-corrected chi connectivity index (χ2v) is 4.92. The number of para-hydroxylation sites is 1. The van der Waals surface area contributed by atoms with E-state index in [1.54, 1.807) is 19.2 Å². The van der Waals surface area contributed by atoms with Crippen LogP contribution in [0, 0.1) is 0 Å². The zero-order valence-electron chi connectivity index (χ0n) is 12.8. The summed E-state index contributed by atoms with van der Waals surface area (Å²) in [7, 11) is 1.55. The molecule has 6 nitrogen and oxygen atoms in total. The van der Waals surface area contributed by atoms with Crippen molar-refractivity contribution in [2.24, 2.45) is 0 Å². The van der Waals surface area contributed by atoms with E-state index in [1.165, 1.54) is 6.07 Å². The molecule has 0 saturated heterocycles. The van der Waals surface area contributed by atoms with Gasteiger partial charge in [-0.25, -0.2) is 14.8 Å². The predicted octanol–water partition coefficient (Wildman–Crippen LogP) is 3.06. The fourth-order valence-corrected chi connectivity index (χ4v) is 1.94. The summed E-state index contributed by atoms with van der Waals surface area (Å²) in [6.45, 7) is 4.05. The molecule has 0 aliphatic carbocycles. The van der Waals surface area contributed by atoms with Gasteiger partial charge in [0.2, 0.25) is 0 Å². The van der Waals surface area contributed by atoms with Gasteiger partial charge in [-0.15, -0.1) is 0 Å². The van der Waals surface area contributed by atoms with E-state index in [-0.39, 0.29) is 11.7 Å². The van der Waals surface area contributed by atoms with Crippen LogP contribution in [0.15, 0.2) is 30.3 Å².